The zero-order chi connectivity index (χ0) is 14.1. The molecular weight excluding hydrogens is 268 g/mol. The molecule has 0 spiro atoms. The Balaban J connectivity index is 2.29. The largest absolute Gasteiger partial charge is 0.497 e. The van der Waals surface area contributed by atoms with Crippen molar-refractivity contribution < 1.29 is 4.74 Å². The van der Waals surface area contributed by atoms with Crippen molar-refractivity contribution in [1.82, 2.24) is 4.98 Å². The van der Waals surface area contributed by atoms with E-state index < -0.39 is 0 Å². The maximum atomic E-state index is 5.91. The number of nitrogens with two attached hydrogens (primary N) is 1. The van der Waals surface area contributed by atoms with Crippen LogP contribution in [0.4, 0.5) is 0 Å². The van der Waals surface area contributed by atoms with Gasteiger partial charge in [0.05, 0.1) is 12.8 Å². The minimum absolute atomic E-state index is 0.389. The second-order valence-corrected chi connectivity index (χ2v) is 4.96. The molecule has 20 heavy (non-hydrogen) atoms. The van der Waals surface area contributed by atoms with Gasteiger partial charge in [0.15, 0.2) is 0 Å². The molecule has 0 saturated heterocycles. The Labute approximate surface area is 122 Å². The Morgan fingerprint density at radius 1 is 1.15 bits per heavy atom. The maximum Gasteiger partial charge on any atom is 0.119 e. The van der Waals surface area contributed by atoms with E-state index in [2.05, 4.69) is 4.98 Å². The Hall–Kier alpha value is -2.33. The second kappa shape index (κ2) is 4.98. The molecule has 0 radical (unpaired) electrons. The third-order valence-corrected chi connectivity index (χ3v) is 3.52. The van der Waals surface area contributed by atoms with Crippen molar-refractivity contribution in [2.75, 3.05) is 7.11 Å². The lowest BCUT2D eigenvalue weighted by molar-refractivity contribution is 0.415. The smallest absolute Gasteiger partial charge is 0.119 e. The van der Waals surface area contributed by atoms with Crippen molar-refractivity contribution in [3.05, 3.63) is 54.1 Å². The van der Waals surface area contributed by atoms with E-state index in [1.54, 1.807) is 7.11 Å². The molecule has 0 amide bonds. The highest BCUT2D eigenvalue weighted by Gasteiger charge is 2.15. The molecule has 0 saturated carbocycles. The highest BCUT2D eigenvalue weighted by molar-refractivity contribution is 7.80. The van der Waals surface area contributed by atoms with Gasteiger partial charge >= 0.3 is 0 Å². The number of thiocarbonyl (C=S) groups is 1. The normalized spacial score (nSPS) is 10.7. The first kappa shape index (κ1) is 12.7. The molecule has 4 heteroatoms. The predicted molar refractivity (Wildman–Crippen MR) is 86.2 cm³/mol. The summed E-state index contributed by atoms with van der Waals surface area (Å²) in [5, 5.41) is 1.04. The number of para-hydroxylation sites is 1. The van der Waals surface area contributed by atoms with Crippen LogP contribution in [0.2, 0.25) is 0 Å². The monoisotopic (exact) mass is 282 g/mol. The third kappa shape index (κ3) is 2.04. The van der Waals surface area contributed by atoms with Gasteiger partial charge in [-0.1, -0.05) is 42.5 Å². The zero-order valence-corrected chi connectivity index (χ0v) is 11.8. The van der Waals surface area contributed by atoms with Gasteiger partial charge in [-0.05, 0) is 18.2 Å². The van der Waals surface area contributed by atoms with Crippen molar-refractivity contribution in [3.8, 4) is 17.0 Å². The number of rotatable bonds is 3. The van der Waals surface area contributed by atoms with Gasteiger partial charge < -0.3 is 15.5 Å². The van der Waals surface area contributed by atoms with Crippen LogP contribution in [-0.4, -0.2) is 17.1 Å². The number of nitrogens with one attached hydrogen (secondary N) is 1. The molecule has 0 atom stereocenters. The lowest BCUT2D eigenvalue weighted by Crippen LogP contribution is -2.10. The number of hydrogen-bond donors (Lipinski definition) is 2. The zero-order valence-electron chi connectivity index (χ0n) is 11.0. The fourth-order valence-electron chi connectivity index (χ4n) is 2.39. The summed E-state index contributed by atoms with van der Waals surface area (Å²) in [5.41, 5.74) is 9.74. The number of H-pyrrole nitrogens is 1. The number of methoxy groups -OCH3 is 1. The van der Waals surface area contributed by atoms with Gasteiger partial charge in [-0.15, -0.1) is 0 Å². The molecule has 3 aromatic rings. The molecule has 0 aliphatic heterocycles. The van der Waals surface area contributed by atoms with E-state index in [-0.39, 0.29) is 0 Å². The summed E-state index contributed by atoms with van der Waals surface area (Å²) in [6, 6.07) is 15.8. The number of fused-ring (bicyclic) bond motifs is 1. The Morgan fingerprint density at radius 3 is 2.70 bits per heavy atom. The van der Waals surface area contributed by atoms with Crippen LogP contribution in [-0.2, 0) is 0 Å². The standard InChI is InChI=1S/C16H14N2OS/c1-19-11-6-4-5-10(9-11)15-14(16(17)20)12-7-2-3-8-13(12)18-15/h2-9,18H,1H3,(H2,17,20). The fourth-order valence-corrected chi connectivity index (χ4v) is 2.60. The minimum atomic E-state index is 0.389. The van der Waals surface area contributed by atoms with Crippen LogP contribution in [0.25, 0.3) is 22.2 Å². The molecule has 0 fully saturated rings. The highest BCUT2D eigenvalue weighted by Crippen LogP contribution is 2.31. The van der Waals surface area contributed by atoms with Crippen LogP contribution in [0.15, 0.2) is 48.5 Å². The van der Waals surface area contributed by atoms with E-state index >= 15 is 0 Å². The molecule has 0 aliphatic carbocycles. The summed E-state index contributed by atoms with van der Waals surface area (Å²) in [6.07, 6.45) is 0. The van der Waals surface area contributed by atoms with Crippen molar-refractivity contribution in [2.45, 2.75) is 0 Å². The second-order valence-electron chi connectivity index (χ2n) is 4.52. The molecule has 1 aromatic heterocycles. The number of hydrogen-bond acceptors (Lipinski definition) is 2. The molecular formula is C16H14N2OS. The molecule has 2 aromatic carbocycles. The van der Waals surface area contributed by atoms with Crippen LogP contribution < -0.4 is 10.5 Å². The number of aromatic nitrogens is 1. The van der Waals surface area contributed by atoms with E-state index in [0.717, 1.165) is 33.5 Å². The molecule has 3 nitrogen and oxygen atoms in total. The molecule has 3 N–H and O–H groups in total. The van der Waals surface area contributed by atoms with E-state index in [9.17, 15) is 0 Å². The van der Waals surface area contributed by atoms with Gasteiger partial charge in [0.2, 0.25) is 0 Å². The van der Waals surface area contributed by atoms with Crippen LogP contribution in [0.1, 0.15) is 5.56 Å². The maximum absolute atomic E-state index is 5.91. The van der Waals surface area contributed by atoms with Crippen LogP contribution >= 0.6 is 12.2 Å². The van der Waals surface area contributed by atoms with E-state index in [1.807, 2.05) is 48.5 Å². The van der Waals surface area contributed by atoms with E-state index in [0.29, 0.717) is 4.99 Å². The fraction of sp³-hybridized carbons (Fsp3) is 0.0625. The number of ether oxygens (including phenoxy) is 1. The van der Waals surface area contributed by atoms with Crippen LogP contribution in [0.5, 0.6) is 5.75 Å². The first-order valence-corrected chi connectivity index (χ1v) is 6.66. The summed E-state index contributed by atoms with van der Waals surface area (Å²) < 4.78 is 5.27. The van der Waals surface area contributed by atoms with Gasteiger partial charge in [-0.25, -0.2) is 0 Å². The molecule has 1 heterocycles. The van der Waals surface area contributed by atoms with Crippen molar-refractivity contribution in [3.63, 3.8) is 0 Å². The van der Waals surface area contributed by atoms with Gasteiger partial charge in [0.25, 0.3) is 0 Å². The first-order valence-electron chi connectivity index (χ1n) is 6.25. The van der Waals surface area contributed by atoms with Crippen molar-refractivity contribution in [2.24, 2.45) is 5.73 Å². The Bertz CT molecular complexity index is 792. The quantitative estimate of drug-likeness (QED) is 0.723. The van der Waals surface area contributed by atoms with Crippen LogP contribution in [0, 0.1) is 0 Å². The van der Waals surface area contributed by atoms with Gasteiger partial charge in [-0.2, -0.15) is 0 Å². The first-order chi connectivity index (χ1) is 9.70. The summed E-state index contributed by atoms with van der Waals surface area (Å²) in [6.45, 7) is 0. The van der Waals surface area contributed by atoms with E-state index in [4.69, 9.17) is 22.7 Å². The highest BCUT2D eigenvalue weighted by atomic mass is 32.1. The summed E-state index contributed by atoms with van der Waals surface area (Å²) in [7, 11) is 1.65. The van der Waals surface area contributed by atoms with Gasteiger partial charge in [-0.3, -0.25) is 0 Å². The number of benzene rings is 2. The number of aromatic amines is 1. The predicted octanol–water partition coefficient (Wildman–Crippen LogP) is 3.48. The molecule has 3 rings (SSSR count). The topological polar surface area (TPSA) is 51.0 Å². The van der Waals surface area contributed by atoms with Gasteiger partial charge in [0.1, 0.15) is 10.7 Å². The lowest BCUT2D eigenvalue weighted by atomic mass is 10.1. The van der Waals surface area contributed by atoms with Gasteiger partial charge in [0, 0.05) is 22.0 Å². The molecule has 0 aliphatic rings. The molecule has 0 unspecified atom stereocenters. The summed E-state index contributed by atoms with van der Waals surface area (Å²) in [5.74, 6) is 0.801. The Kier molecular flexibility index (Phi) is 3.16. The minimum Gasteiger partial charge on any atom is -0.497 e. The summed E-state index contributed by atoms with van der Waals surface area (Å²) >= 11 is 5.22. The molecule has 100 valence electrons. The SMILES string of the molecule is COc1cccc(-c2[nH]c3ccccc3c2C(N)=S)c1. The lowest BCUT2D eigenvalue weighted by Gasteiger charge is -2.05. The average molecular weight is 282 g/mol. The van der Waals surface area contributed by atoms with Crippen molar-refractivity contribution >= 4 is 28.1 Å². The third-order valence-electron chi connectivity index (χ3n) is 3.31. The van der Waals surface area contributed by atoms with E-state index in [1.165, 1.54) is 0 Å². The van der Waals surface area contributed by atoms with Crippen LogP contribution in [0.3, 0.4) is 0 Å². The Morgan fingerprint density at radius 2 is 1.95 bits per heavy atom. The average Bonchev–Trinajstić information content (AvgIpc) is 2.87. The van der Waals surface area contributed by atoms with Crippen molar-refractivity contribution in [1.29, 1.82) is 0 Å². The summed E-state index contributed by atoms with van der Waals surface area (Å²) in [4.78, 5) is 3.78. The molecule has 0 bridgehead atoms.